The van der Waals surface area contributed by atoms with Crippen molar-refractivity contribution >= 4 is 10.2 Å². The Hall–Kier alpha value is -0.210. The van der Waals surface area contributed by atoms with Gasteiger partial charge in [-0.15, -0.1) is 0 Å². The van der Waals surface area contributed by atoms with Crippen LogP contribution in [0.25, 0.3) is 0 Å². The van der Waals surface area contributed by atoms with Gasteiger partial charge < -0.3 is 10.5 Å². The summed E-state index contributed by atoms with van der Waals surface area (Å²) in [5.41, 5.74) is 5.35. The van der Waals surface area contributed by atoms with Crippen molar-refractivity contribution in [3.05, 3.63) is 0 Å². The zero-order chi connectivity index (χ0) is 11.7. The smallest absolute Gasteiger partial charge is 0.279 e. The Labute approximate surface area is 92.0 Å². The van der Waals surface area contributed by atoms with E-state index in [1.165, 1.54) is 11.4 Å². The third-order valence-electron chi connectivity index (χ3n) is 1.78. The van der Waals surface area contributed by atoms with Crippen molar-refractivity contribution < 1.29 is 13.2 Å². The Kier molecular flexibility index (Phi) is 7.89. The molecule has 6 nitrogen and oxygen atoms in total. The second-order valence-corrected chi connectivity index (χ2v) is 4.84. The topological polar surface area (TPSA) is 84.7 Å². The lowest BCUT2D eigenvalue weighted by Gasteiger charge is -2.20. The quantitative estimate of drug-likeness (QED) is 0.513. The lowest BCUT2D eigenvalue weighted by atomic mass is 10.5. The van der Waals surface area contributed by atoms with Crippen molar-refractivity contribution in [1.82, 2.24) is 9.03 Å². The van der Waals surface area contributed by atoms with Gasteiger partial charge >= 0.3 is 0 Å². The van der Waals surface area contributed by atoms with E-state index in [4.69, 9.17) is 10.5 Å². The van der Waals surface area contributed by atoms with Gasteiger partial charge in [-0.2, -0.15) is 17.4 Å². The van der Waals surface area contributed by atoms with Crippen LogP contribution in [0.3, 0.4) is 0 Å². The van der Waals surface area contributed by atoms with E-state index in [0.29, 0.717) is 26.2 Å². The van der Waals surface area contributed by atoms with Crippen LogP contribution in [0.1, 0.15) is 13.3 Å². The van der Waals surface area contributed by atoms with E-state index < -0.39 is 10.2 Å². The molecule has 0 spiro atoms. The number of rotatable bonds is 9. The summed E-state index contributed by atoms with van der Waals surface area (Å²) in [6.07, 6.45) is 0.769. The number of nitrogens with zero attached hydrogens (tertiary/aromatic N) is 1. The van der Waals surface area contributed by atoms with Crippen LogP contribution in [0.5, 0.6) is 0 Å². The molecule has 0 amide bonds. The van der Waals surface area contributed by atoms with E-state index in [9.17, 15) is 8.42 Å². The molecule has 0 aromatic carbocycles. The maximum absolute atomic E-state index is 11.7. The van der Waals surface area contributed by atoms with E-state index in [2.05, 4.69) is 4.72 Å². The standard InChI is InChI=1S/C8H21N3O3S/c1-3-6-11(7-4-9)15(12,13)10-5-8-14-2/h10H,3-9H2,1-2H3. The lowest BCUT2D eigenvalue weighted by molar-refractivity contribution is 0.203. The van der Waals surface area contributed by atoms with Crippen molar-refractivity contribution in [2.24, 2.45) is 5.73 Å². The second kappa shape index (κ2) is 8.00. The molecule has 0 aliphatic heterocycles. The molecule has 0 atom stereocenters. The first-order valence-corrected chi connectivity index (χ1v) is 6.46. The number of nitrogens with one attached hydrogen (secondary N) is 1. The Morgan fingerprint density at radius 3 is 2.53 bits per heavy atom. The molecule has 0 radical (unpaired) electrons. The average molecular weight is 239 g/mol. The van der Waals surface area contributed by atoms with Crippen LogP contribution < -0.4 is 10.5 Å². The molecular weight excluding hydrogens is 218 g/mol. The van der Waals surface area contributed by atoms with Gasteiger partial charge in [0.25, 0.3) is 10.2 Å². The molecule has 0 unspecified atom stereocenters. The van der Waals surface area contributed by atoms with Gasteiger partial charge in [0.05, 0.1) is 6.61 Å². The van der Waals surface area contributed by atoms with Crippen molar-refractivity contribution in [3.63, 3.8) is 0 Å². The first kappa shape index (κ1) is 14.8. The van der Waals surface area contributed by atoms with Crippen LogP contribution in [0.4, 0.5) is 0 Å². The van der Waals surface area contributed by atoms with Gasteiger partial charge in [-0.1, -0.05) is 6.92 Å². The molecule has 0 rings (SSSR count). The zero-order valence-corrected chi connectivity index (χ0v) is 10.2. The predicted octanol–water partition coefficient (Wildman–Crippen LogP) is -0.862. The van der Waals surface area contributed by atoms with Gasteiger partial charge in [0.15, 0.2) is 0 Å². The SMILES string of the molecule is CCCN(CCN)S(=O)(=O)NCCOC. The summed E-state index contributed by atoms with van der Waals surface area (Å²) < 4.78 is 31.9. The molecule has 15 heavy (non-hydrogen) atoms. The van der Waals surface area contributed by atoms with Crippen LogP contribution >= 0.6 is 0 Å². The summed E-state index contributed by atoms with van der Waals surface area (Å²) in [5.74, 6) is 0. The largest absolute Gasteiger partial charge is 0.383 e. The molecule has 0 saturated heterocycles. The van der Waals surface area contributed by atoms with Crippen molar-refractivity contribution in [1.29, 1.82) is 0 Å². The first-order valence-electron chi connectivity index (χ1n) is 5.02. The van der Waals surface area contributed by atoms with Gasteiger partial charge in [0.2, 0.25) is 0 Å². The van der Waals surface area contributed by atoms with Crippen molar-refractivity contribution in [3.8, 4) is 0 Å². The minimum Gasteiger partial charge on any atom is -0.383 e. The van der Waals surface area contributed by atoms with Gasteiger partial charge in [-0.25, -0.2) is 0 Å². The number of hydrogen-bond donors (Lipinski definition) is 2. The molecule has 92 valence electrons. The number of ether oxygens (including phenoxy) is 1. The molecule has 3 N–H and O–H groups in total. The Balaban J connectivity index is 4.22. The minimum atomic E-state index is -3.40. The van der Waals surface area contributed by atoms with E-state index in [1.54, 1.807) is 0 Å². The third kappa shape index (κ3) is 6.06. The monoisotopic (exact) mass is 239 g/mol. The zero-order valence-electron chi connectivity index (χ0n) is 9.40. The molecule has 0 saturated carbocycles. The summed E-state index contributed by atoms with van der Waals surface area (Å²) in [6.45, 7) is 3.72. The van der Waals surface area contributed by atoms with Crippen LogP contribution in [-0.2, 0) is 14.9 Å². The van der Waals surface area contributed by atoms with Gasteiger partial charge in [-0.3, -0.25) is 0 Å². The predicted molar refractivity (Wildman–Crippen MR) is 59.7 cm³/mol. The highest BCUT2D eigenvalue weighted by atomic mass is 32.2. The fourth-order valence-electron chi connectivity index (χ4n) is 1.11. The fraction of sp³-hybridized carbons (Fsp3) is 1.00. The molecule has 0 bridgehead atoms. The van der Waals surface area contributed by atoms with Crippen molar-refractivity contribution in [2.75, 3.05) is 39.9 Å². The van der Waals surface area contributed by atoms with E-state index in [1.807, 2.05) is 6.92 Å². The Morgan fingerprint density at radius 2 is 2.07 bits per heavy atom. The normalized spacial score (nSPS) is 12.3. The molecule has 0 aliphatic carbocycles. The minimum absolute atomic E-state index is 0.281. The summed E-state index contributed by atoms with van der Waals surface area (Å²) in [6, 6.07) is 0. The molecular formula is C8H21N3O3S. The first-order chi connectivity index (χ1) is 7.08. The maximum atomic E-state index is 11.7. The number of nitrogens with two attached hydrogens (primary N) is 1. The molecule has 7 heteroatoms. The summed E-state index contributed by atoms with van der Waals surface area (Å²) >= 11 is 0. The number of hydrogen-bond acceptors (Lipinski definition) is 4. The Bertz CT molecular complexity index is 238. The van der Waals surface area contributed by atoms with Crippen molar-refractivity contribution in [2.45, 2.75) is 13.3 Å². The van der Waals surface area contributed by atoms with Crippen LogP contribution in [0, 0.1) is 0 Å². The molecule has 0 fully saturated rings. The van der Waals surface area contributed by atoms with Crippen LogP contribution in [0.2, 0.25) is 0 Å². The average Bonchev–Trinajstić information content (AvgIpc) is 2.18. The highest BCUT2D eigenvalue weighted by Gasteiger charge is 2.19. The highest BCUT2D eigenvalue weighted by molar-refractivity contribution is 7.87. The van der Waals surface area contributed by atoms with E-state index in [-0.39, 0.29) is 6.54 Å². The molecule has 0 aliphatic rings. The van der Waals surface area contributed by atoms with Crippen LogP contribution in [0.15, 0.2) is 0 Å². The summed E-state index contributed by atoms with van der Waals surface area (Å²) in [4.78, 5) is 0. The highest BCUT2D eigenvalue weighted by Crippen LogP contribution is 1.98. The lowest BCUT2D eigenvalue weighted by Crippen LogP contribution is -2.44. The van der Waals surface area contributed by atoms with Gasteiger partial charge in [0.1, 0.15) is 0 Å². The molecule has 0 aromatic heterocycles. The van der Waals surface area contributed by atoms with Gasteiger partial charge in [-0.05, 0) is 6.42 Å². The molecule has 0 heterocycles. The third-order valence-corrected chi connectivity index (χ3v) is 3.40. The van der Waals surface area contributed by atoms with Gasteiger partial charge in [0, 0.05) is 33.3 Å². The van der Waals surface area contributed by atoms with E-state index >= 15 is 0 Å². The summed E-state index contributed by atoms with van der Waals surface area (Å²) in [7, 11) is -1.87. The number of methoxy groups -OCH3 is 1. The Morgan fingerprint density at radius 1 is 1.40 bits per heavy atom. The summed E-state index contributed by atoms with van der Waals surface area (Å²) in [5, 5.41) is 0. The molecule has 0 aromatic rings. The van der Waals surface area contributed by atoms with E-state index in [0.717, 1.165) is 6.42 Å². The van der Waals surface area contributed by atoms with Crippen LogP contribution in [-0.4, -0.2) is 52.6 Å². The fourth-order valence-corrected chi connectivity index (χ4v) is 2.40. The second-order valence-electron chi connectivity index (χ2n) is 3.08. The maximum Gasteiger partial charge on any atom is 0.279 e.